The number of carbonyl (C=O) groups excluding carboxylic acids is 1. The van der Waals surface area contributed by atoms with Crippen LogP contribution in [0.25, 0.3) is 0 Å². The van der Waals surface area contributed by atoms with E-state index in [1.54, 1.807) is 23.0 Å². The van der Waals surface area contributed by atoms with Crippen LogP contribution in [0.15, 0.2) is 46.6 Å². The Hall–Kier alpha value is -3.07. The van der Waals surface area contributed by atoms with Crippen LogP contribution in [-0.4, -0.2) is 33.5 Å². The summed E-state index contributed by atoms with van der Waals surface area (Å²) in [6.07, 6.45) is 2.10. The molecule has 2 aromatic heterocycles. The van der Waals surface area contributed by atoms with Gasteiger partial charge in [0.1, 0.15) is 11.6 Å². The number of benzene rings is 1. The van der Waals surface area contributed by atoms with Gasteiger partial charge in [0.25, 0.3) is 0 Å². The van der Waals surface area contributed by atoms with Gasteiger partial charge < -0.3 is 15.4 Å². The molecule has 1 aliphatic heterocycles. The average Bonchev–Trinajstić information content (AvgIpc) is 3.32. The standard InChI is InChI=1S/C21H25N5O3S/c1-29-17-5-2-4-15(12-17)14-26-21(28)25-10-9-16(7-8-19(25)24-26)23-20(27)22-13-18-6-3-11-30-18/h2-6,11-12,16H,7-10,13-14H2,1H3,(H2,22,23,27). The molecule has 3 aromatic rings. The lowest BCUT2D eigenvalue weighted by atomic mass is 10.1. The minimum absolute atomic E-state index is 0.0151. The van der Waals surface area contributed by atoms with Crippen LogP contribution in [0.1, 0.15) is 29.1 Å². The van der Waals surface area contributed by atoms with E-state index in [9.17, 15) is 9.59 Å². The fraction of sp³-hybridized carbons (Fsp3) is 0.381. The van der Waals surface area contributed by atoms with E-state index >= 15 is 0 Å². The maximum Gasteiger partial charge on any atom is 0.346 e. The first kappa shape index (κ1) is 20.2. The zero-order valence-electron chi connectivity index (χ0n) is 16.8. The summed E-state index contributed by atoms with van der Waals surface area (Å²) < 4.78 is 8.48. The Morgan fingerprint density at radius 3 is 3.00 bits per heavy atom. The molecule has 4 rings (SSSR count). The van der Waals surface area contributed by atoms with Crippen molar-refractivity contribution in [1.82, 2.24) is 25.0 Å². The molecule has 0 bridgehead atoms. The van der Waals surface area contributed by atoms with Gasteiger partial charge in [0.15, 0.2) is 0 Å². The summed E-state index contributed by atoms with van der Waals surface area (Å²) in [5, 5.41) is 12.4. The number of thiophene rings is 1. The summed E-state index contributed by atoms with van der Waals surface area (Å²) in [7, 11) is 1.62. The monoisotopic (exact) mass is 427 g/mol. The highest BCUT2D eigenvalue weighted by Gasteiger charge is 2.22. The van der Waals surface area contributed by atoms with Gasteiger partial charge in [-0.2, -0.15) is 5.10 Å². The van der Waals surface area contributed by atoms with E-state index in [1.165, 1.54) is 4.68 Å². The average molecular weight is 428 g/mol. The number of ether oxygens (including phenoxy) is 1. The summed E-state index contributed by atoms with van der Waals surface area (Å²) in [5.41, 5.74) is 0.849. The van der Waals surface area contributed by atoms with Crippen molar-refractivity contribution in [3.05, 3.63) is 68.5 Å². The summed E-state index contributed by atoms with van der Waals surface area (Å²) in [4.78, 5) is 26.1. The third kappa shape index (κ3) is 4.73. The molecule has 0 aliphatic carbocycles. The number of nitrogens with zero attached hydrogens (tertiary/aromatic N) is 3. The Kier molecular flexibility index (Phi) is 6.18. The number of amides is 2. The van der Waals surface area contributed by atoms with Crippen LogP contribution in [-0.2, 0) is 26.1 Å². The fourth-order valence-corrected chi connectivity index (χ4v) is 4.28. The van der Waals surface area contributed by atoms with E-state index in [4.69, 9.17) is 4.74 Å². The van der Waals surface area contributed by atoms with E-state index in [0.717, 1.165) is 28.4 Å². The number of aryl methyl sites for hydroxylation is 1. The van der Waals surface area contributed by atoms with Crippen LogP contribution in [0.2, 0.25) is 0 Å². The van der Waals surface area contributed by atoms with Crippen molar-refractivity contribution in [2.45, 2.75) is 44.9 Å². The number of hydrogen-bond acceptors (Lipinski definition) is 5. The molecule has 1 atom stereocenters. The number of carbonyl (C=O) groups is 1. The molecular weight excluding hydrogens is 402 g/mol. The second-order valence-electron chi connectivity index (χ2n) is 7.29. The maximum absolute atomic E-state index is 12.8. The van der Waals surface area contributed by atoms with Gasteiger partial charge in [0, 0.05) is 23.9 Å². The number of urea groups is 1. The van der Waals surface area contributed by atoms with Gasteiger partial charge in [-0.05, 0) is 42.0 Å². The Morgan fingerprint density at radius 1 is 1.30 bits per heavy atom. The fourth-order valence-electron chi connectivity index (χ4n) is 3.64. The van der Waals surface area contributed by atoms with Crippen molar-refractivity contribution in [3.8, 4) is 5.75 Å². The van der Waals surface area contributed by atoms with Crippen molar-refractivity contribution in [3.63, 3.8) is 0 Å². The number of nitrogens with one attached hydrogen (secondary N) is 2. The third-order valence-corrected chi connectivity index (χ3v) is 6.10. The van der Waals surface area contributed by atoms with Crippen LogP contribution in [0, 0.1) is 0 Å². The molecule has 1 aliphatic rings. The lowest BCUT2D eigenvalue weighted by Crippen LogP contribution is -2.42. The predicted octanol–water partition coefficient (Wildman–Crippen LogP) is 2.37. The minimum atomic E-state index is -0.177. The number of fused-ring (bicyclic) bond motifs is 1. The largest absolute Gasteiger partial charge is 0.497 e. The van der Waals surface area contributed by atoms with Crippen LogP contribution >= 0.6 is 11.3 Å². The minimum Gasteiger partial charge on any atom is -0.497 e. The smallest absolute Gasteiger partial charge is 0.346 e. The molecule has 3 heterocycles. The first-order valence-electron chi connectivity index (χ1n) is 9.98. The molecule has 0 radical (unpaired) electrons. The predicted molar refractivity (Wildman–Crippen MR) is 115 cm³/mol. The van der Waals surface area contributed by atoms with Crippen molar-refractivity contribution in [2.24, 2.45) is 0 Å². The number of hydrogen-bond donors (Lipinski definition) is 2. The summed E-state index contributed by atoms with van der Waals surface area (Å²) in [6.45, 7) is 1.47. The van der Waals surface area contributed by atoms with Crippen molar-refractivity contribution in [1.29, 1.82) is 0 Å². The summed E-state index contributed by atoms with van der Waals surface area (Å²) in [5.74, 6) is 1.53. The van der Waals surface area contributed by atoms with Gasteiger partial charge in [-0.1, -0.05) is 18.2 Å². The van der Waals surface area contributed by atoms with E-state index in [-0.39, 0.29) is 17.8 Å². The SMILES string of the molecule is COc1cccc(Cn2nc3n(c2=O)CCC(NC(=O)NCc2cccs2)CC3)c1. The molecule has 158 valence electrons. The second-order valence-corrected chi connectivity index (χ2v) is 8.32. The Balaban J connectivity index is 1.35. The first-order chi connectivity index (χ1) is 14.6. The first-order valence-corrected chi connectivity index (χ1v) is 10.9. The van der Waals surface area contributed by atoms with Crippen molar-refractivity contribution >= 4 is 17.4 Å². The van der Waals surface area contributed by atoms with E-state index in [1.807, 2.05) is 41.8 Å². The van der Waals surface area contributed by atoms with E-state index in [2.05, 4.69) is 15.7 Å². The molecule has 8 nitrogen and oxygen atoms in total. The molecule has 1 unspecified atom stereocenters. The molecule has 2 amide bonds. The van der Waals surface area contributed by atoms with Gasteiger partial charge in [0.05, 0.1) is 20.2 Å². The van der Waals surface area contributed by atoms with Gasteiger partial charge in [-0.25, -0.2) is 14.3 Å². The number of methoxy groups -OCH3 is 1. The van der Waals surface area contributed by atoms with Crippen LogP contribution in [0.4, 0.5) is 4.79 Å². The topological polar surface area (TPSA) is 90.2 Å². The zero-order chi connectivity index (χ0) is 20.9. The summed E-state index contributed by atoms with van der Waals surface area (Å²) in [6, 6.07) is 11.4. The summed E-state index contributed by atoms with van der Waals surface area (Å²) >= 11 is 1.61. The Bertz CT molecular complexity index is 1060. The highest BCUT2D eigenvalue weighted by Crippen LogP contribution is 2.15. The molecule has 1 aromatic carbocycles. The van der Waals surface area contributed by atoms with Crippen LogP contribution in [0.5, 0.6) is 5.75 Å². The molecular formula is C21H25N5O3S. The van der Waals surface area contributed by atoms with Gasteiger partial charge in [0.2, 0.25) is 0 Å². The highest BCUT2D eigenvalue weighted by molar-refractivity contribution is 7.09. The number of aromatic nitrogens is 3. The quantitative estimate of drug-likeness (QED) is 0.632. The molecule has 0 saturated heterocycles. The molecule has 0 fully saturated rings. The third-order valence-electron chi connectivity index (χ3n) is 5.22. The maximum atomic E-state index is 12.8. The molecule has 0 spiro atoms. The molecule has 2 N–H and O–H groups in total. The van der Waals surface area contributed by atoms with Crippen molar-refractivity contribution in [2.75, 3.05) is 7.11 Å². The highest BCUT2D eigenvalue weighted by atomic mass is 32.1. The Labute approximate surface area is 178 Å². The molecule has 0 saturated carbocycles. The van der Waals surface area contributed by atoms with E-state index < -0.39 is 0 Å². The number of rotatable bonds is 6. The van der Waals surface area contributed by atoms with Crippen LogP contribution in [0.3, 0.4) is 0 Å². The molecule has 30 heavy (non-hydrogen) atoms. The van der Waals surface area contributed by atoms with Crippen molar-refractivity contribution < 1.29 is 9.53 Å². The Morgan fingerprint density at radius 2 is 2.20 bits per heavy atom. The lowest BCUT2D eigenvalue weighted by Gasteiger charge is -2.16. The molecule has 9 heteroatoms. The normalized spacial score (nSPS) is 15.8. The van der Waals surface area contributed by atoms with Gasteiger partial charge >= 0.3 is 11.7 Å². The van der Waals surface area contributed by atoms with Crippen LogP contribution < -0.4 is 21.1 Å². The lowest BCUT2D eigenvalue weighted by molar-refractivity contribution is 0.235. The van der Waals surface area contributed by atoms with Gasteiger partial charge in [-0.15, -0.1) is 11.3 Å². The zero-order valence-corrected chi connectivity index (χ0v) is 17.7. The van der Waals surface area contributed by atoms with Gasteiger partial charge in [-0.3, -0.25) is 4.57 Å². The van der Waals surface area contributed by atoms with E-state index in [0.29, 0.717) is 32.5 Å². The second kappa shape index (κ2) is 9.17.